The fraction of sp³-hybridized carbons (Fsp3) is 0.562. The van der Waals surface area contributed by atoms with Crippen LogP contribution in [0.15, 0.2) is 24.3 Å². The number of nitrogens with one attached hydrogen (secondary N) is 1. The van der Waals surface area contributed by atoms with E-state index >= 15 is 0 Å². The second kappa shape index (κ2) is 5.17. The fourth-order valence-corrected chi connectivity index (χ4v) is 2.97. The molecule has 3 rings (SSSR count). The average molecular weight is 277 g/mol. The second-order valence-electron chi connectivity index (χ2n) is 6.07. The van der Waals surface area contributed by atoms with Gasteiger partial charge in [-0.25, -0.2) is 4.39 Å². The molecule has 0 radical (unpaired) electrons. The molecule has 108 valence electrons. The Hall–Kier alpha value is -1.42. The number of carbonyl (C=O) groups excluding carboxylic acids is 1. The predicted octanol–water partition coefficient (Wildman–Crippen LogP) is 2.96. The van der Waals surface area contributed by atoms with Gasteiger partial charge < -0.3 is 10.1 Å². The lowest BCUT2D eigenvalue weighted by Crippen LogP contribution is -2.40. The van der Waals surface area contributed by atoms with Crippen LogP contribution in [0, 0.1) is 11.7 Å². The van der Waals surface area contributed by atoms with Gasteiger partial charge in [-0.3, -0.25) is 4.79 Å². The number of rotatable bonds is 4. The van der Waals surface area contributed by atoms with Crippen molar-refractivity contribution in [3.8, 4) is 0 Å². The van der Waals surface area contributed by atoms with Crippen molar-refractivity contribution in [2.75, 3.05) is 6.61 Å². The summed E-state index contributed by atoms with van der Waals surface area (Å²) < 4.78 is 18.3. The molecular formula is C16H20FNO2. The molecule has 1 amide bonds. The zero-order valence-corrected chi connectivity index (χ0v) is 11.7. The topological polar surface area (TPSA) is 41.6 Å². The van der Waals surface area contributed by atoms with Crippen LogP contribution in [0.4, 0.5) is 4.39 Å². The zero-order chi connectivity index (χ0) is 14.2. The molecule has 20 heavy (non-hydrogen) atoms. The van der Waals surface area contributed by atoms with Gasteiger partial charge in [-0.15, -0.1) is 0 Å². The summed E-state index contributed by atoms with van der Waals surface area (Å²) in [5.41, 5.74) is 0.326. The van der Waals surface area contributed by atoms with Gasteiger partial charge in [0.05, 0.1) is 12.6 Å². The maximum absolute atomic E-state index is 13.1. The van der Waals surface area contributed by atoms with Crippen LogP contribution < -0.4 is 5.32 Å². The Morgan fingerprint density at radius 2 is 1.95 bits per heavy atom. The SMILES string of the molecule is CC1(C(=O)NC(c2ccc(F)cc2)C2CCCC2)CO1. The Bertz CT molecular complexity index is 490. The van der Waals surface area contributed by atoms with E-state index in [9.17, 15) is 9.18 Å². The number of benzene rings is 1. The first-order chi connectivity index (χ1) is 9.58. The number of halogens is 1. The smallest absolute Gasteiger partial charge is 0.254 e. The van der Waals surface area contributed by atoms with Crippen molar-refractivity contribution in [2.45, 2.75) is 44.2 Å². The van der Waals surface area contributed by atoms with E-state index in [0.717, 1.165) is 18.4 Å². The van der Waals surface area contributed by atoms with Gasteiger partial charge in [0.25, 0.3) is 5.91 Å². The number of hydrogen-bond donors (Lipinski definition) is 1. The third-order valence-electron chi connectivity index (χ3n) is 4.44. The van der Waals surface area contributed by atoms with Crippen LogP contribution in [-0.2, 0) is 9.53 Å². The van der Waals surface area contributed by atoms with Crippen molar-refractivity contribution in [1.29, 1.82) is 0 Å². The number of ether oxygens (including phenoxy) is 1. The van der Waals surface area contributed by atoms with Gasteiger partial charge in [0.2, 0.25) is 0 Å². The number of hydrogen-bond acceptors (Lipinski definition) is 2. The summed E-state index contributed by atoms with van der Waals surface area (Å²) in [4.78, 5) is 12.2. The molecule has 1 saturated heterocycles. The standard InChI is InChI=1S/C16H20FNO2/c1-16(10-20-16)15(19)18-14(11-4-2-3-5-11)12-6-8-13(17)9-7-12/h6-9,11,14H,2-5,10H2,1H3,(H,18,19). The summed E-state index contributed by atoms with van der Waals surface area (Å²) in [6.45, 7) is 2.29. The highest BCUT2D eigenvalue weighted by Gasteiger charge is 2.48. The highest BCUT2D eigenvalue weighted by atomic mass is 19.1. The molecule has 0 bridgehead atoms. The maximum atomic E-state index is 13.1. The third-order valence-corrected chi connectivity index (χ3v) is 4.44. The van der Waals surface area contributed by atoms with E-state index < -0.39 is 5.60 Å². The molecule has 1 saturated carbocycles. The normalized spacial score (nSPS) is 27.3. The summed E-state index contributed by atoms with van der Waals surface area (Å²) in [5.74, 6) is 0.133. The van der Waals surface area contributed by atoms with Crippen LogP contribution in [0.1, 0.15) is 44.2 Å². The van der Waals surface area contributed by atoms with Crippen LogP contribution in [0.2, 0.25) is 0 Å². The van der Waals surface area contributed by atoms with Crippen molar-refractivity contribution < 1.29 is 13.9 Å². The van der Waals surface area contributed by atoms with Crippen molar-refractivity contribution in [3.63, 3.8) is 0 Å². The first-order valence-corrected chi connectivity index (χ1v) is 7.29. The van der Waals surface area contributed by atoms with E-state index in [1.165, 1.54) is 25.0 Å². The van der Waals surface area contributed by atoms with Crippen LogP contribution in [0.25, 0.3) is 0 Å². The minimum Gasteiger partial charge on any atom is -0.359 e. The Balaban J connectivity index is 1.79. The summed E-state index contributed by atoms with van der Waals surface area (Å²) in [6.07, 6.45) is 4.62. The summed E-state index contributed by atoms with van der Waals surface area (Å²) >= 11 is 0. The van der Waals surface area contributed by atoms with Gasteiger partial charge in [-0.1, -0.05) is 25.0 Å². The Kier molecular flexibility index (Phi) is 3.50. The summed E-state index contributed by atoms with van der Waals surface area (Å²) in [5, 5.41) is 3.11. The highest BCUT2D eigenvalue weighted by molar-refractivity contribution is 5.87. The first-order valence-electron chi connectivity index (χ1n) is 7.29. The molecule has 0 spiro atoms. The van der Waals surface area contributed by atoms with Crippen LogP contribution in [0.5, 0.6) is 0 Å². The lowest BCUT2D eigenvalue weighted by molar-refractivity contribution is -0.126. The van der Waals surface area contributed by atoms with E-state index in [-0.39, 0.29) is 17.8 Å². The fourth-order valence-electron chi connectivity index (χ4n) is 2.97. The van der Waals surface area contributed by atoms with Crippen molar-refractivity contribution in [1.82, 2.24) is 5.32 Å². The molecule has 2 atom stereocenters. The van der Waals surface area contributed by atoms with Gasteiger partial charge in [-0.05, 0) is 43.4 Å². The van der Waals surface area contributed by atoms with E-state index in [1.54, 1.807) is 19.1 Å². The molecule has 2 fully saturated rings. The number of carbonyl (C=O) groups is 1. The molecule has 1 aromatic rings. The lowest BCUT2D eigenvalue weighted by Gasteiger charge is -2.26. The molecule has 4 heteroatoms. The predicted molar refractivity (Wildman–Crippen MR) is 73.6 cm³/mol. The van der Waals surface area contributed by atoms with E-state index in [4.69, 9.17) is 4.74 Å². The minimum atomic E-state index is -0.656. The van der Waals surface area contributed by atoms with Crippen molar-refractivity contribution in [3.05, 3.63) is 35.6 Å². The molecule has 3 nitrogen and oxygen atoms in total. The van der Waals surface area contributed by atoms with Gasteiger partial charge >= 0.3 is 0 Å². The van der Waals surface area contributed by atoms with Gasteiger partial charge in [0, 0.05) is 0 Å². The summed E-state index contributed by atoms with van der Waals surface area (Å²) in [6, 6.07) is 6.42. The molecule has 1 aliphatic carbocycles. The molecule has 2 aliphatic rings. The first kappa shape index (κ1) is 13.6. The molecule has 2 unspecified atom stereocenters. The van der Waals surface area contributed by atoms with Gasteiger partial charge in [0.15, 0.2) is 5.60 Å². The number of amides is 1. The summed E-state index contributed by atoms with van der Waals surface area (Å²) in [7, 11) is 0. The maximum Gasteiger partial charge on any atom is 0.254 e. The quantitative estimate of drug-likeness (QED) is 0.860. The molecule has 1 heterocycles. The third kappa shape index (κ3) is 2.70. The van der Waals surface area contributed by atoms with Crippen LogP contribution >= 0.6 is 0 Å². The van der Waals surface area contributed by atoms with E-state index in [2.05, 4.69) is 5.32 Å². The lowest BCUT2D eigenvalue weighted by atomic mass is 9.91. The van der Waals surface area contributed by atoms with Gasteiger partial charge in [-0.2, -0.15) is 0 Å². The van der Waals surface area contributed by atoms with Crippen LogP contribution in [0.3, 0.4) is 0 Å². The van der Waals surface area contributed by atoms with Crippen molar-refractivity contribution in [2.24, 2.45) is 5.92 Å². The monoisotopic (exact) mass is 277 g/mol. The van der Waals surface area contributed by atoms with Crippen molar-refractivity contribution >= 4 is 5.91 Å². The van der Waals surface area contributed by atoms with Gasteiger partial charge in [0.1, 0.15) is 5.82 Å². The Morgan fingerprint density at radius 3 is 2.50 bits per heavy atom. The second-order valence-corrected chi connectivity index (χ2v) is 6.07. The molecule has 0 aromatic heterocycles. The van der Waals surface area contributed by atoms with E-state index in [0.29, 0.717) is 12.5 Å². The van der Waals surface area contributed by atoms with Crippen LogP contribution in [-0.4, -0.2) is 18.1 Å². The number of epoxide rings is 1. The minimum absolute atomic E-state index is 0.0355. The zero-order valence-electron chi connectivity index (χ0n) is 11.7. The molecule has 1 aliphatic heterocycles. The Morgan fingerprint density at radius 1 is 1.35 bits per heavy atom. The average Bonchev–Trinajstić information content (AvgIpc) is 2.99. The Labute approximate surface area is 118 Å². The van der Waals surface area contributed by atoms with E-state index in [1.807, 2.05) is 0 Å². The largest absolute Gasteiger partial charge is 0.359 e. The molecular weight excluding hydrogens is 257 g/mol. The molecule has 1 aromatic carbocycles. The highest BCUT2D eigenvalue weighted by Crippen LogP contribution is 2.37. The molecule has 1 N–H and O–H groups in total.